The molecule has 0 radical (unpaired) electrons. The van der Waals surface area contributed by atoms with E-state index in [1.165, 1.54) is 135 Å². The second kappa shape index (κ2) is 86.5. The highest BCUT2D eigenvalue weighted by Crippen LogP contribution is 2.45. The maximum Gasteiger partial charge on any atom is 0.472 e. The fraction of sp³-hybridized carbons (Fsp3) is 0.695. The molecule has 0 rings (SSSR count). The summed E-state index contributed by atoms with van der Waals surface area (Å²) in [6, 6.07) is 0. The van der Waals surface area contributed by atoms with Crippen LogP contribution in [-0.4, -0.2) is 95.9 Å². The molecule has 0 aromatic heterocycles. The van der Waals surface area contributed by atoms with Gasteiger partial charge in [0.2, 0.25) is 0 Å². The van der Waals surface area contributed by atoms with Crippen molar-refractivity contribution < 1.29 is 75.8 Å². The average Bonchev–Trinajstić information content (AvgIpc) is 0.900. The molecule has 648 valence electrons. The fourth-order valence-corrected chi connectivity index (χ4v) is 13.6. The summed E-state index contributed by atoms with van der Waals surface area (Å²) < 4.78 is 61.4. The standard InChI is InChI=1S/C95H162O16P2/c1-4-7-10-13-16-19-22-25-28-31-34-36-38-40-41-42-43-44-45-46-47-49-51-52-55-57-60-63-66-69-72-75-78-81-93(98)105-84-90(96)85-107-112(101,102)108-86-91(97)87-109-113(103,104)110-89-92(111-95(100)83-80-77-74-71-68-65-62-59-54-33-30-27-24-21-18-15-12-9-6-3)88-106-94(99)82-79-76-73-70-67-64-61-58-56-53-50-48-39-37-35-32-29-26-23-20-17-14-11-8-5-2/h7-8,10-11,16-21,25-30,34-37,40-41,48,50,54,59,90-92,96-97H,4-6,9,12-15,22-24,31-33,38-39,42-47,49,51-53,55-58,60-89H2,1-3H3,(H,101,102)(H,103,104)/b10-7-,11-8-,19-16-,20-17-,21-18-,28-25-,29-26-,30-27-,36-34-,37-35-,41-40-,50-48-,59-54-. The third-order valence-corrected chi connectivity index (χ3v) is 20.6. The van der Waals surface area contributed by atoms with E-state index in [2.05, 4.69) is 179 Å². The van der Waals surface area contributed by atoms with Crippen molar-refractivity contribution in [3.8, 4) is 0 Å². The number of allylic oxidation sites excluding steroid dienone is 26. The highest BCUT2D eigenvalue weighted by molar-refractivity contribution is 7.47. The van der Waals surface area contributed by atoms with E-state index in [-0.39, 0.29) is 19.3 Å². The zero-order valence-corrected chi connectivity index (χ0v) is 73.0. The van der Waals surface area contributed by atoms with Gasteiger partial charge in [-0.3, -0.25) is 32.5 Å². The van der Waals surface area contributed by atoms with Crippen LogP contribution in [0.5, 0.6) is 0 Å². The zero-order chi connectivity index (χ0) is 82.2. The van der Waals surface area contributed by atoms with E-state index in [0.717, 1.165) is 173 Å². The van der Waals surface area contributed by atoms with Crippen molar-refractivity contribution in [1.82, 2.24) is 0 Å². The molecule has 4 N–H and O–H groups in total. The maximum absolute atomic E-state index is 13.0. The highest BCUT2D eigenvalue weighted by atomic mass is 31.2. The van der Waals surface area contributed by atoms with Crippen molar-refractivity contribution in [2.24, 2.45) is 0 Å². The molecule has 0 amide bonds. The molecule has 5 unspecified atom stereocenters. The molecule has 0 aliphatic rings. The predicted octanol–water partition coefficient (Wildman–Crippen LogP) is 27.3. The number of rotatable bonds is 84. The molecule has 5 atom stereocenters. The number of aliphatic hydroxyl groups is 2. The van der Waals surface area contributed by atoms with Crippen molar-refractivity contribution in [3.05, 3.63) is 158 Å². The first-order valence-electron chi connectivity index (χ1n) is 44.8. The summed E-state index contributed by atoms with van der Waals surface area (Å²) in [4.78, 5) is 58.9. The number of phosphoric acid groups is 2. The summed E-state index contributed by atoms with van der Waals surface area (Å²) >= 11 is 0. The Balaban J connectivity index is 4.54. The van der Waals surface area contributed by atoms with Gasteiger partial charge in [-0.05, 0) is 148 Å². The first kappa shape index (κ1) is 108. The Morgan fingerprint density at radius 3 is 0.743 bits per heavy atom. The molecular weight excluding hydrogens is 1460 g/mol. The third-order valence-electron chi connectivity index (χ3n) is 18.7. The Bertz CT molecular complexity index is 2680. The second-order valence-electron chi connectivity index (χ2n) is 29.6. The van der Waals surface area contributed by atoms with Gasteiger partial charge < -0.3 is 34.2 Å². The van der Waals surface area contributed by atoms with E-state index in [4.69, 9.17) is 32.3 Å². The van der Waals surface area contributed by atoms with Crippen molar-refractivity contribution in [1.29, 1.82) is 0 Å². The molecule has 0 saturated carbocycles. The van der Waals surface area contributed by atoms with Gasteiger partial charge in [-0.15, -0.1) is 0 Å². The van der Waals surface area contributed by atoms with Crippen LogP contribution in [0.3, 0.4) is 0 Å². The number of hydrogen-bond donors (Lipinski definition) is 4. The van der Waals surface area contributed by atoms with Gasteiger partial charge in [-0.1, -0.05) is 359 Å². The van der Waals surface area contributed by atoms with Crippen LogP contribution in [0.25, 0.3) is 0 Å². The second-order valence-corrected chi connectivity index (χ2v) is 32.5. The normalized spacial score (nSPS) is 14.6. The molecular formula is C95H162O16P2. The van der Waals surface area contributed by atoms with Crippen molar-refractivity contribution in [2.45, 2.75) is 386 Å². The maximum atomic E-state index is 13.0. The van der Waals surface area contributed by atoms with Crippen LogP contribution in [0.1, 0.15) is 367 Å². The molecule has 113 heavy (non-hydrogen) atoms. The third kappa shape index (κ3) is 87.8. The predicted molar refractivity (Wildman–Crippen MR) is 472 cm³/mol. The number of aliphatic hydroxyl groups excluding tert-OH is 2. The summed E-state index contributed by atoms with van der Waals surface area (Å²) in [5.41, 5.74) is 0. The fourth-order valence-electron chi connectivity index (χ4n) is 12.0. The number of unbranched alkanes of at least 4 members (excludes halogenated alkanes) is 35. The minimum absolute atomic E-state index is 0.0854. The van der Waals surface area contributed by atoms with Gasteiger partial charge in [-0.2, -0.15) is 0 Å². The number of carbonyl (C=O) groups excluding carboxylic acids is 3. The number of hydrogen-bond acceptors (Lipinski definition) is 14. The van der Waals surface area contributed by atoms with Crippen LogP contribution in [0, 0.1) is 0 Å². The molecule has 0 aliphatic heterocycles. The monoisotopic (exact) mass is 1620 g/mol. The molecule has 0 spiro atoms. The number of ether oxygens (including phenoxy) is 3. The van der Waals surface area contributed by atoms with Gasteiger partial charge >= 0.3 is 33.6 Å². The largest absolute Gasteiger partial charge is 0.472 e. The summed E-state index contributed by atoms with van der Waals surface area (Å²) in [6.45, 7) is 2.45. The molecule has 0 saturated heterocycles. The lowest BCUT2D eigenvalue weighted by Gasteiger charge is -2.21. The first-order valence-corrected chi connectivity index (χ1v) is 47.8. The average molecular weight is 1620 g/mol. The summed E-state index contributed by atoms with van der Waals surface area (Å²) in [6.07, 6.45) is 110. The van der Waals surface area contributed by atoms with E-state index in [9.17, 15) is 43.5 Å². The summed E-state index contributed by atoms with van der Waals surface area (Å²) in [7, 11) is -9.81. The Kier molecular flexibility index (Phi) is 82.8. The van der Waals surface area contributed by atoms with Gasteiger partial charge in [0.05, 0.1) is 26.4 Å². The van der Waals surface area contributed by atoms with E-state index in [1.807, 2.05) is 0 Å². The van der Waals surface area contributed by atoms with Crippen LogP contribution in [-0.2, 0) is 55.8 Å². The van der Waals surface area contributed by atoms with E-state index in [0.29, 0.717) is 19.3 Å². The van der Waals surface area contributed by atoms with Gasteiger partial charge in [0.1, 0.15) is 25.4 Å². The van der Waals surface area contributed by atoms with Gasteiger partial charge in [-0.25, -0.2) is 9.13 Å². The molecule has 0 aromatic rings. The van der Waals surface area contributed by atoms with Gasteiger partial charge in [0.25, 0.3) is 0 Å². The molecule has 0 heterocycles. The minimum Gasteiger partial charge on any atom is -0.463 e. The van der Waals surface area contributed by atoms with E-state index < -0.39 is 91.5 Å². The van der Waals surface area contributed by atoms with Crippen molar-refractivity contribution in [3.63, 3.8) is 0 Å². The van der Waals surface area contributed by atoms with Crippen LogP contribution >= 0.6 is 15.6 Å². The highest BCUT2D eigenvalue weighted by Gasteiger charge is 2.29. The van der Waals surface area contributed by atoms with Crippen molar-refractivity contribution >= 4 is 33.6 Å². The molecule has 0 aliphatic carbocycles. The van der Waals surface area contributed by atoms with E-state index >= 15 is 0 Å². The lowest BCUT2D eigenvalue weighted by Crippen LogP contribution is -2.30. The number of carbonyl (C=O) groups is 3. The molecule has 0 fully saturated rings. The van der Waals surface area contributed by atoms with Crippen LogP contribution in [0.15, 0.2) is 158 Å². The smallest absolute Gasteiger partial charge is 0.463 e. The zero-order valence-electron chi connectivity index (χ0n) is 71.3. The Morgan fingerprint density at radius 1 is 0.257 bits per heavy atom. The summed E-state index contributed by atoms with van der Waals surface area (Å²) in [5.74, 6) is -1.59. The lowest BCUT2D eigenvalue weighted by molar-refractivity contribution is -0.161. The van der Waals surface area contributed by atoms with Crippen LogP contribution in [0.4, 0.5) is 0 Å². The Hall–Kier alpha value is -4.83. The number of esters is 3. The summed E-state index contributed by atoms with van der Waals surface area (Å²) in [5, 5.41) is 20.7. The molecule has 0 bridgehead atoms. The van der Waals surface area contributed by atoms with Crippen molar-refractivity contribution in [2.75, 3.05) is 39.6 Å². The molecule has 16 nitrogen and oxygen atoms in total. The lowest BCUT2D eigenvalue weighted by atomic mass is 10.0. The van der Waals surface area contributed by atoms with Crippen LogP contribution < -0.4 is 0 Å². The Morgan fingerprint density at radius 2 is 0.469 bits per heavy atom. The first-order chi connectivity index (χ1) is 55.2. The quantitative estimate of drug-likeness (QED) is 0.0146. The van der Waals surface area contributed by atoms with Gasteiger partial charge in [0.15, 0.2) is 6.10 Å². The van der Waals surface area contributed by atoms with Gasteiger partial charge in [0, 0.05) is 19.3 Å². The SMILES string of the molecule is CC/C=C\C/C=C\C/C=C\C/C=C\C/C=C\CCCCCCCCCCCCCCCCCCCC(=O)OCC(O)COP(=O)(O)OCC(O)COP(=O)(O)OCC(COC(=O)CCCCCCCCCCC/C=C\C/C=C\C/C=C\C/C=C\C/C=C\CC)OC(=O)CCCCCCCC/C=C\C/C=C\C/C=C\CCCCC. The topological polar surface area (TPSA) is 231 Å². The minimum atomic E-state index is -4.95. The number of phosphoric ester groups is 2. The van der Waals surface area contributed by atoms with Crippen LogP contribution in [0.2, 0.25) is 0 Å². The van der Waals surface area contributed by atoms with E-state index in [1.54, 1.807) is 0 Å². The Labute approximate surface area is 689 Å². The molecule has 18 heteroatoms. The molecule has 0 aromatic carbocycles.